The molecule has 0 aromatic heterocycles. The molecule has 0 radical (unpaired) electrons. The molecule has 2 aromatic carbocycles. The molecule has 1 atom stereocenters. The van der Waals surface area contributed by atoms with Crippen molar-refractivity contribution in [3.63, 3.8) is 0 Å². The van der Waals surface area contributed by atoms with Crippen molar-refractivity contribution in [3.8, 4) is 11.1 Å². The molecule has 2 aromatic rings. The van der Waals surface area contributed by atoms with E-state index < -0.39 is 18.1 Å². The summed E-state index contributed by atoms with van der Waals surface area (Å²) >= 11 is 0. The lowest BCUT2D eigenvalue weighted by Crippen LogP contribution is -2.41. The number of alkyl carbamates (subject to hydrolysis) is 1. The highest BCUT2D eigenvalue weighted by atomic mass is 16.5. The molecule has 0 fully saturated rings. The van der Waals surface area contributed by atoms with Crippen LogP contribution in [0.3, 0.4) is 0 Å². The molecule has 0 bridgehead atoms. The number of carbonyl (C=O) groups is 2. The average molecular weight is 365 g/mol. The molecule has 1 aliphatic rings. The Hall–Kier alpha value is -3.08. The molecule has 0 saturated carbocycles. The van der Waals surface area contributed by atoms with Crippen LogP contribution in [0, 0.1) is 0 Å². The third-order valence-electron chi connectivity index (χ3n) is 4.83. The van der Waals surface area contributed by atoms with E-state index in [0.29, 0.717) is 19.3 Å². The van der Waals surface area contributed by atoms with Crippen LogP contribution in [0.5, 0.6) is 0 Å². The van der Waals surface area contributed by atoms with Crippen LogP contribution < -0.4 is 5.32 Å². The van der Waals surface area contributed by atoms with Gasteiger partial charge in [-0.1, -0.05) is 54.6 Å². The van der Waals surface area contributed by atoms with Gasteiger partial charge in [-0.2, -0.15) is 0 Å². The molecule has 5 nitrogen and oxygen atoms in total. The number of carboxylic acids is 1. The molecule has 140 valence electrons. The second-order valence-electron chi connectivity index (χ2n) is 6.58. The third-order valence-corrected chi connectivity index (χ3v) is 4.83. The van der Waals surface area contributed by atoms with Gasteiger partial charge in [0, 0.05) is 5.92 Å². The van der Waals surface area contributed by atoms with E-state index in [9.17, 15) is 14.7 Å². The van der Waals surface area contributed by atoms with Gasteiger partial charge in [-0.25, -0.2) is 9.59 Å². The van der Waals surface area contributed by atoms with E-state index in [0.717, 1.165) is 22.3 Å². The topological polar surface area (TPSA) is 75.6 Å². The Morgan fingerprint density at radius 1 is 1.11 bits per heavy atom. The SMILES string of the molecule is C=CCCC[C@H](NC(=O)OCC1c2ccccc2-c2ccccc21)C(=O)O. The molecule has 1 aliphatic carbocycles. The summed E-state index contributed by atoms with van der Waals surface area (Å²) in [5.41, 5.74) is 4.53. The minimum atomic E-state index is -1.06. The maximum atomic E-state index is 12.2. The standard InChI is InChI=1S/C22H23NO4/c1-2-3-4-13-20(21(24)25)23-22(26)27-14-19-17-11-7-5-9-15(17)16-10-6-8-12-18(16)19/h2,5-12,19-20H,1,3-4,13-14H2,(H,23,26)(H,24,25)/t20-/m0/s1. The van der Waals surface area contributed by atoms with Crippen molar-refractivity contribution >= 4 is 12.1 Å². The van der Waals surface area contributed by atoms with Gasteiger partial charge < -0.3 is 15.2 Å². The molecular weight excluding hydrogens is 342 g/mol. The lowest BCUT2D eigenvalue weighted by molar-refractivity contribution is -0.139. The van der Waals surface area contributed by atoms with E-state index in [-0.39, 0.29) is 12.5 Å². The van der Waals surface area contributed by atoms with E-state index in [2.05, 4.69) is 24.0 Å². The first-order chi connectivity index (χ1) is 13.1. The van der Waals surface area contributed by atoms with E-state index in [1.165, 1.54) is 0 Å². The Balaban J connectivity index is 1.65. The number of carbonyl (C=O) groups excluding carboxylic acids is 1. The molecular formula is C22H23NO4. The van der Waals surface area contributed by atoms with Crippen LogP contribution in [-0.4, -0.2) is 29.8 Å². The van der Waals surface area contributed by atoms with Gasteiger partial charge in [0.25, 0.3) is 0 Å². The van der Waals surface area contributed by atoms with Crippen molar-refractivity contribution in [3.05, 3.63) is 72.3 Å². The van der Waals surface area contributed by atoms with Crippen LogP contribution in [0.15, 0.2) is 61.2 Å². The van der Waals surface area contributed by atoms with Crippen molar-refractivity contribution < 1.29 is 19.4 Å². The number of amides is 1. The number of hydrogen-bond donors (Lipinski definition) is 2. The highest BCUT2D eigenvalue weighted by Crippen LogP contribution is 2.44. The van der Waals surface area contributed by atoms with Crippen LogP contribution in [0.4, 0.5) is 4.79 Å². The molecule has 0 aliphatic heterocycles. The van der Waals surface area contributed by atoms with Gasteiger partial charge >= 0.3 is 12.1 Å². The fraction of sp³-hybridized carbons (Fsp3) is 0.273. The molecule has 0 unspecified atom stereocenters. The highest BCUT2D eigenvalue weighted by Gasteiger charge is 2.29. The number of carboxylic acid groups (broad SMARTS) is 1. The van der Waals surface area contributed by atoms with Crippen molar-refractivity contribution in [2.75, 3.05) is 6.61 Å². The number of benzene rings is 2. The normalized spacial score (nSPS) is 13.3. The smallest absolute Gasteiger partial charge is 0.407 e. The number of ether oxygens (including phenoxy) is 1. The summed E-state index contributed by atoms with van der Waals surface area (Å²) in [5, 5.41) is 11.7. The number of aliphatic carboxylic acids is 1. The fourth-order valence-electron chi connectivity index (χ4n) is 3.51. The van der Waals surface area contributed by atoms with Gasteiger partial charge in [0.2, 0.25) is 0 Å². The minimum absolute atomic E-state index is 0.0489. The predicted molar refractivity (Wildman–Crippen MR) is 104 cm³/mol. The van der Waals surface area contributed by atoms with E-state index >= 15 is 0 Å². The number of fused-ring (bicyclic) bond motifs is 3. The fourth-order valence-corrected chi connectivity index (χ4v) is 3.51. The van der Waals surface area contributed by atoms with E-state index in [1.54, 1.807) is 6.08 Å². The minimum Gasteiger partial charge on any atom is -0.480 e. The van der Waals surface area contributed by atoms with E-state index in [4.69, 9.17) is 4.74 Å². The first-order valence-corrected chi connectivity index (χ1v) is 9.07. The maximum Gasteiger partial charge on any atom is 0.407 e. The van der Waals surface area contributed by atoms with Crippen molar-refractivity contribution in [1.82, 2.24) is 5.32 Å². The van der Waals surface area contributed by atoms with Crippen LogP contribution in [0.25, 0.3) is 11.1 Å². The first kappa shape index (κ1) is 18.7. The van der Waals surface area contributed by atoms with Crippen LogP contribution >= 0.6 is 0 Å². The van der Waals surface area contributed by atoms with Crippen LogP contribution in [-0.2, 0) is 9.53 Å². The molecule has 0 heterocycles. The van der Waals surface area contributed by atoms with Crippen molar-refractivity contribution in [2.24, 2.45) is 0 Å². The number of nitrogens with one attached hydrogen (secondary N) is 1. The van der Waals surface area contributed by atoms with Crippen LogP contribution in [0.2, 0.25) is 0 Å². The average Bonchev–Trinajstić information content (AvgIpc) is 2.99. The lowest BCUT2D eigenvalue weighted by atomic mass is 9.98. The molecule has 2 N–H and O–H groups in total. The summed E-state index contributed by atoms with van der Waals surface area (Å²) in [6.07, 6.45) is 2.71. The summed E-state index contributed by atoms with van der Waals surface area (Å²) in [4.78, 5) is 23.5. The Kier molecular flexibility index (Phi) is 5.91. The van der Waals surface area contributed by atoms with Gasteiger partial charge in [0.1, 0.15) is 12.6 Å². The number of hydrogen-bond acceptors (Lipinski definition) is 3. The van der Waals surface area contributed by atoms with Crippen LogP contribution in [0.1, 0.15) is 36.3 Å². The largest absolute Gasteiger partial charge is 0.480 e. The Bertz CT molecular complexity index is 800. The summed E-state index contributed by atoms with van der Waals surface area (Å²) in [6, 6.07) is 15.2. The van der Waals surface area contributed by atoms with Gasteiger partial charge in [-0.15, -0.1) is 6.58 Å². The van der Waals surface area contributed by atoms with Gasteiger partial charge in [0.05, 0.1) is 0 Å². The summed E-state index contributed by atoms with van der Waals surface area (Å²) in [5.74, 6) is -1.11. The summed E-state index contributed by atoms with van der Waals surface area (Å²) in [7, 11) is 0. The Morgan fingerprint density at radius 2 is 1.70 bits per heavy atom. The first-order valence-electron chi connectivity index (χ1n) is 9.07. The van der Waals surface area contributed by atoms with Gasteiger partial charge in [-0.05, 0) is 41.5 Å². The molecule has 0 saturated heterocycles. The molecule has 1 amide bonds. The second kappa shape index (κ2) is 8.54. The number of rotatable bonds is 8. The third kappa shape index (κ3) is 4.19. The number of unbranched alkanes of at least 4 members (excludes halogenated alkanes) is 1. The zero-order valence-electron chi connectivity index (χ0n) is 15.1. The lowest BCUT2D eigenvalue weighted by Gasteiger charge is -2.17. The molecule has 27 heavy (non-hydrogen) atoms. The quantitative estimate of drug-likeness (QED) is 0.539. The van der Waals surface area contributed by atoms with Crippen molar-refractivity contribution in [1.29, 1.82) is 0 Å². The monoisotopic (exact) mass is 365 g/mol. The Labute approximate surface area is 158 Å². The molecule has 0 spiro atoms. The zero-order valence-corrected chi connectivity index (χ0v) is 15.1. The number of allylic oxidation sites excluding steroid dienone is 1. The van der Waals surface area contributed by atoms with Gasteiger partial charge in [-0.3, -0.25) is 0 Å². The van der Waals surface area contributed by atoms with Gasteiger partial charge in [0.15, 0.2) is 0 Å². The zero-order chi connectivity index (χ0) is 19.2. The summed E-state index contributed by atoms with van der Waals surface area (Å²) in [6.45, 7) is 3.78. The predicted octanol–water partition coefficient (Wildman–Crippen LogP) is 4.33. The Morgan fingerprint density at radius 3 is 2.26 bits per heavy atom. The molecule has 3 rings (SSSR count). The van der Waals surface area contributed by atoms with Crippen molar-refractivity contribution in [2.45, 2.75) is 31.2 Å². The summed E-state index contributed by atoms with van der Waals surface area (Å²) < 4.78 is 5.39. The highest BCUT2D eigenvalue weighted by molar-refractivity contribution is 5.81. The van der Waals surface area contributed by atoms with E-state index in [1.807, 2.05) is 36.4 Å². The molecule has 5 heteroatoms. The second-order valence-corrected chi connectivity index (χ2v) is 6.58. The maximum absolute atomic E-state index is 12.2.